The van der Waals surface area contributed by atoms with Crippen molar-refractivity contribution in [2.75, 3.05) is 5.73 Å². The number of halogens is 1. The van der Waals surface area contributed by atoms with Crippen LogP contribution in [0.25, 0.3) is 10.9 Å². The van der Waals surface area contributed by atoms with Crippen LogP contribution in [0.1, 0.15) is 0 Å². The highest BCUT2D eigenvalue weighted by molar-refractivity contribution is 9.10. The van der Waals surface area contributed by atoms with Gasteiger partial charge in [-0.2, -0.15) is 0 Å². The average Bonchev–Trinajstić information content (AvgIpc) is 2.28. The van der Waals surface area contributed by atoms with E-state index in [1.807, 2.05) is 23.9 Å². The van der Waals surface area contributed by atoms with Crippen LogP contribution in [0.15, 0.2) is 22.9 Å². The van der Waals surface area contributed by atoms with Gasteiger partial charge in [-0.15, -0.1) is 0 Å². The Bertz CT molecular complexity index is 433. The van der Waals surface area contributed by atoms with Gasteiger partial charge in [0.25, 0.3) is 0 Å². The summed E-state index contributed by atoms with van der Waals surface area (Å²) in [5.41, 5.74) is 6.65. The second-order valence-corrected chi connectivity index (χ2v) is 3.57. The number of nitrogens with zero attached hydrogens (tertiary/aromatic N) is 2. The van der Waals surface area contributed by atoms with Crippen LogP contribution < -0.4 is 5.73 Å². The number of rotatable bonds is 0. The summed E-state index contributed by atoms with van der Waals surface area (Å²) in [6, 6.07) is 1.86. The van der Waals surface area contributed by atoms with Crippen molar-refractivity contribution in [1.29, 1.82) is 0 Å². The molecule has 3 nitrogen and oxygen atoms in total. The van der Waals surface area contributed by atoms with Crippen LogP contribution in [0.3, 0.4) is 0 Å². The summed E-state index contributed by atoms with van der Waals surface area (Å²) >= 11 is 3.44. The average molecular weight is 226 g/mol. The van der Waals surface area contributed by atoms with Crippen molar-refractivity contribution < 1.29 is 0 Å². The standard InChI is InChI=1S/C8H8BrN3/c1-12-4-6(9)5-3-11-8(10)2-7(5)12/h2-4H,1H3,(H2,10,11). The third kappa shape index (κ3) is 0.992. The summed E-state index contributed by atoms with van der Waals surface area (Å²) in [7, 11) is 1.98. The molecule has 2 heterocycles. The Morgan fingerprint density at radius 1 is 1.58 bits per heavy atom. The lowest BCUT2D eigenvalue weighted by Crippen LogP contribution is -1.90. The van der Waals surface area contributed by atoms with Crippen LogP contribution in [-0.2, 0) is 7.05 Å². The molecule has 0 spiro atoms. The zero-order chi connectivity index (χ0) is 8.72. The molecule has 2 rings (SSSR count). The molecule has 0 aliphatic rings. The summed E-state index contributed by atoms with van der Waals surface area (Å²) in [4.78, 5) is 4.02. The molecule has 2 aromatic rings. The SMILES string of the molecule is Cn1cc(Br)c2cnc(N)cc21. The molecule has 0 saturated carbocycles. The monoisotopic (exact) mass is 225 g/mol. The summed E-state index contributed by atoms with van der Waals surface area (Å²) in [5, 5.41) is 1.09. The molecule has 0 unspecified atom stereocenters. The van der Waals surface area contributed by atoms with E-state index in [0.29, 0.717) is 5.82 Å². The molecule has 0 bridgehead atoms. The maximum Gasteiger partial charge on any atom is 0.125 e. The highest BCUT2D eigenvalue weighted by Crippen LogP contribution is 2.25. The predicted octanol–water partition coefficient (Wildman–Crippen LogP) is 1.92. The van der Waals surface area contributed by atoms with E-state index < -0.39 is 0 Å². The normalized spacial score (nSPS) is 10.8. The Kier molecular flexibility index (Phi) is 1.58. The molecular formula is C8H8BrN3. The molecule has 62 valence electrons. The molecule has 0 atom stereocenters. The van der Waals surface area contributed by atoms with E-state index in [9.17, 15) is 0 Å². The largest absolute Gasteiger partial charge is 0.384 e. The Labute approximate surface area is 78.3 Å². The second kappa shape index (κ2) is 2.48. The van der Waals surface area contributed by atoms with Gasteiger partial charge in [-0.25, -0.2) is 4.98 Å². The van der Waals surface area contributed by atoms with Crippen molar-refractivity contribution in [2.45, 2.75) is 0 Å². The summed E-state index contributed by atoms with van der Waals surface area (Å²) < 4.78 is 3.06. The molecular weight excluding hydrogens is 218 g/mol. The van der Waals surface area contributed by atoms with Crippen molar-refractivity contribution in [3.05, 3.63) is 22.9 Å². The zero-order valence-corrected chi connectivity index (χ0v) is 8.17. The molecule has 0 amide bonds. The van der Waals surface area contributed by atoms with Crippen molar-refractivity contribution >= 4 is 32.7 Å². The Hall–Kier alpha value is -1.03. The Morgan fingerprint density at radius 2 is 2.33 bits per heavy atom. The van der Waals surface area contributed by atoms with Gasteiger partial charge in [-0.05, 0) is 15.9 Å². The third-order valence-corrected chi connectivity index (χ3v) is 2.48. The summed E-state index contributed by atoms with van der Waals surface area (Å²) in [6.07, 6.45) is 3.76. The van der Waals surface area contributed by atoms with Crippen LogP contribution in [0.5, 0.6) is 0 Å². The van der Waals surface area contributed by atoms with Crippen molar-refractivity contribution in [3.63, 3.8) is 0 Å². The number of pyridine rings is 1. The molecule has 0 fully saturated rings. The molecule has 4 heteroatoms. The highest BCUT2D eigenvalue weighted by Gasteiger charge is 2.03. The van der Waals surface area contributed by atoms with E-state index in [1.165, 1.54) is 0 Å². The maximum atomic E-state index is 5.56. The number of aryl methyl sites for hydroxylation is 1. The van der Waals surface area contributed by atoms with Crippen molar-refractivity contribution in [2.24, 2.45) is 7.05 Å². The van der Waals surface area contributed by atoms with Crippen LogP contribution in [0, 0.1) is 0 Å². The minimum absolute atomic E-state index is 0.552. The smallest absolute Gasteiger partial charge is 0.125 e. The lowest BCUT2D eigenvalue weighted by molar-refractivity contribution is 0.966. The first-order valence-corrected chi connectivity index (χ1v) is 4.34. The number of fused-ring (bicyclic) bond motifs is 1. The molecule has 0 radical (unpaired) electrons. The van der Waals surface area contributed by atoms with E-state index in [1.54, 1.807) is 6.20 Å². The quantitative estimate of drug-likeness (QED) is 0.745. The molecule has 0 aromatic carbocycles. The molecule has 12 heavy (non-hydrogen) atoms. The van der Waals surface area contributed by atoms with Gasteiger partial charge in [0, 0.05) is 35.4 Å². The lowest BCUT2D eigenvalue weighted by atomic mass is 10.3. The van der Waals surface area contributed by atoms with Gasteiger partial charge in [-0.3, -0.25) is 0 Å². The fourth-order valence-electron chi connectivity index (χ4n) is 1.25. The van der Waals surface area contributed by atoms with Gasteiger partial charge in [0.1, 0.15) is 5.82 Å². The van der Waals surface area contributed by atoms with Gasteiger partial charge in [0.05, 0.1) is 5.52 Å². The highest BCUT2D eigenvalue weighted by atomic mass is 79.9. The van der Waals surface area contributed by atoms with E-state index in [0.717, 1.165) is 15.4 Å². The first kappa shape index (κ1) is 7.61. The number of aromatic nitrogens is 2. The van der Waals surface area contributed by atoms with Crippen LogP contribution in [0.4, 0.5) is 5.82 Å². The van der Waals surface area contributed by atoms with Crippen molar-refractivity contribution in [1.82, 2.24) is 9.55 Å². The fraction of sp³-hybridized carbons (Fsp3) is 0.125. The molecule has 2 N–H and O–H groups in total. The molecule has 2 aromatic heterocycles. The van der Waals surface area contributed by atoms with Crippen LogP contribution in [-0.4, -0.2) is 9.55 Å². The summed E-state index contributed by atoms with van der Waals surface area (Å²) in [6.45, 7) is 0. The third-order valence-electron chi connectivity index (χ3n) is 1.85. The van der Waals surface area contributed by atoms with Crippen LogP contribution >= 0.6 is 15.9 Å². The minimum atomic E-state index is 0.552. The van der Waals surface area contributed by atoms with Gasteiger partial charge in [-0.1, -0.05) is 0 Å². The van der Waals surface area contributed by atoms with E-state index >= 15 is 0 Å². The number of anilines is 1. The van der Waals surface area contributed by atoms with E-state index in [4.69, 9.17) is 5.73 Å². The Balaban J connectivity index is 2.90. The minimum Gasteiger partial charge on any atom is -0.384 e. The van der Waals surface area contributed by atoms with Gasteiger partial charge < -0.3 is 10.3 Å². The first-order valence-electron chi connectivity index (χ1n) is 3.54. The van der Waals surface area contributed by atoms with E-state index in [2.05, 4.69) is 20.9 Å². The Morgan fingerprint density at radius 3 is 3.08 bits per heavy atom. The number of hydrogen-bond donors (Lipinski definition) is 1. The lowest BCUT2D eigenvalue weighted by Gasteiger charge is -1.95. The molecule has 0 aliphatic heterocycles. The van der Waals surface area contributed by atoms with Crippen LogP contribution in [0.2, 0.25) is 0 Å². The number of nitrogen functional groups attached to an aromatic ring is 1. The molecule has 0 saturated heterocycles. The van der Waals surface area contributed by atoms with Gasteiger partial charge >= 0.3 is 0 Å². The maximum absolute atomic E-state index is 5.56. The second-order valence-electron chi connectivity index (χ2n) is 2.71. The summed E-state index contributed by atoms with van der Waals surface area (Å²) in [5.74, 6) is 0.552. The van der Waals surface area contributed by atoms with E-state index in [-0.39, 0.29) is 0 Å². The first-order chi connectivity index (χ1) is 5.68. The predicted molar refractivity (Wildman–Crippen MR) is 52.8 cm³/mol. The number of nitrogens with two attached hydrogens (primary N) is 1. The number of hydrogen-bond acceptors (Lipinski definition) is 2. The fourth-order valence-corrected chi connectivity index (χ4v) is 1.86. The van der Waals surface area contributed by atoms with Crippen molar-refractivity contribution in [3.8, 4) is 0 Å². The topological polar surface area (TPSA) is 43.8 Å². The van der Waals surface area contributed by atoms with Gasteiger partial charge in [0.15, 0.2) is 0 Å². The zero-order valence-electron chi connectivity index (χ0n) is 6.58. The van der Waals surface area contributed by atoms with Gasteiger partial charge in [0.2, 0.25) is 0 Å². The molecule has 0 aliphatic carbocycles.